The Labute approximate surface area is 121 Å². The summed E-state index contributed by atoms with van der Waals surface area (Å²) in [5.41, 5.74) is 0. The van der Waals surface area contributed by atoms with Crippen molar-refractivity contribution in [2.45, 2.75) is 71.0 Å². The van der Waals surface area contributed by atoms with Crippen molar-refractivity contribution in [3.05, 3.63) is 0 Å². The van der Waals surface area contributed by atoms with Crippen LogP contribution in [-0.4, -0.2) is 34.8 Å². The first-order valence-corrected chi connectivity index (χ1v) is 8.15. The lowest BCUT2D eigenvalue weighted by atomic mass is 9.88. The maximum Gasteiger partial charge on any atom is 0.246 e. The molecule has 4 heteroatoms. The van der Waals surface area contributed by atoms with E-state index in [2.05, 4.69) is 5.32 Å². The van der Waals surface area contributed by atoms with Crippen LogP contribution in [0.2, 0.25) is 0 Å². The maximum absolute atomic E-state index is 12.8. The van der Waals surface area contributed by atoms with Crippen LogP contribution in [0, 0.1) is 17.8 Å². The van der Waals surface area contributed by atoms with Crippen LogP contribution in [0.25, 0.3) is 0 Å². The second-order valence-electron chi connectivity index (χ2n) is 7.15. The molecular weight excluding hydrogens is 252 g/mol. The van der Waals surface area contributed by atoms with E-state index in [9.17, 15) is 9.59 Å². The molecule has 2 amide bonds. The van der Waals surface area contributed by atoms with Gasteiger partial charge in [-0.1, -0.05) is 27.2 Å². The molecule has 2 saturated carbocycles. The third kappa shape index (κ3) is 2.04. The van der Waals surface area contributed by atoms with Crippen molar-refractivity contribution < 1.29 is 9.59 Å². The number of hydrogen-bond donors (Lipinski definition) is 1. The SMILES string of the molecule is CCC1NC(=O)C(C(C)C)N(C2CC3CCC2C3)C1=O. The van der Waals surface area contributed by atoms with Gasteiger partial charge in [0.1, 0.15) is 12.1 Å². The van der Waals surface area contributed by atoms with Gasteiger partial charge in [-0.25, -0.2) is 0 Å². The maximum atomic E-state index is 12.8. The summed E-state index contributed by atoms with van der Waals surface area (Å²) in [6.07, 6.45) is 5.62. The third-order valence-corrected chi connectivity index (χ3v) is 5.54. The van der Waals surface area contributed by atoms with Gasteiger partial charge < -0.3 is 10.2 Å². The van der Waals surface area contributed by atoms with Crippen LogP contribution in [0.1, 0.15) is 52.9 Å². The van der Waals surface area contributed by atoms with Gasteiger partial charge in [0, 0.05) is 6.04 Å². The van der Waals surface area contributed by atoms with Crippen molar-refractivity contribution in [1.29, 1.82) is 0 Å². The highest BCUT2D eigenvalue weighted by atomic mass is 16.2. The second kappa shape index (κ2) is 5.05. The first-order chi connectivity index (χ1) is 9.52. The van der Waals surface area contributed by atoms with E-state index in [0.29, 0.717) is 18.4 Å². The molecule has 5 unspecified atom stereocenters. The lowest BCUT2D eigenvalue weighted by Crippen LogP contribution is -2.67. The molecule has 0 spiro atoms. The molecule has 2 bridgehead atoms. The molecule has 3 rings (SSSR count). The molecule has 3 aliphatic rings. The number of hydrogen-bond acceptors (Lipinski definition) is 2. The summed E-state index contributed by atoms with van der Waals surface area (Å²) in [4.78, 5) is 27.2. The monoisotopic (exact) mass is 278 g/mol. The van der Waals surface area contributed by atoms with Crippen molar-refractivity contribution in [2.75, 3.05) is 0 Å². The van der Waals surface area contributed by atoms with E-state index in [1.165, 1.54) is 19.3 Å². The highest BCUT2D eigenvalue weighted by molar-refractivity contribution is 5.97. The van der Waals surface area contributed by atoms with Gasteiger partial charge in [-0.3, -0.25) is 9.59 Å². The standard InChI is InChI=1S/C16H26N2O2/c1-4-12-16(20)18(14(9(2)3)15(19)17-12)13-8-10-5-6-11(13)7-10/h9-14H,4-8H2,1-3H3,(H,17,19). The van der Waals surface area contributed by atoms with Crippen molar-refractivity contribution in [3.63, 3.8) is 0 Å². The molecule has 1 heterocycles. The highest BCUT2D eigenvalue weighted by Gasteiger charge is 2.50. The van der Waals surface area contributed by atoms with Crippen molar-refractivity contribution in [3.8, 4) is 0 Å². The van der Waals surface area contributed by atoms with Crippen LogP contribution in [-0.2, 0) is 9.59 Å². The van der Waals surface area contributed by atoms with E-state index >= 15 is 0 Å². The van der Waals surface area contributed by atoms with Crippen LogP contribution in [0.5, 0.6) is 0 Å². The van der Waals surface area contributed by atoms with E-state index in [1.54, 1.807) is 0 Å². The Morgan fingerprint density at radius 1 is 1.25 bits per heavy atom. The van der Waals surface area contributed by atoms with Gasteiger partial charge in [-0.2, -0.15) is 0 Å². The van der Waals surface area contributed by atoms with Crippen molar-refractivity contribution in [1.82, 2.24) is 10.2 Å². The van der Waals surface area contributed by atoms with E-state index in [-0.39, 0.29) is 29.8 Å². The minimum Gasteiger partial charge on any atom is -0.343 e. The smallest absolute Gasteiger partial charge is 0.246 e. The summed E-state index contributed by atoms with van der Waals surface area (Å²) in [5.74, 6) is 1.80. The lowest BCUT2D eigenvalue weighted by molar-refractivity contribution is -0.155. The van der Waals surface area contributed by atoms with Crippen LogP contribution in [0.15, 0.2) is 0 Å². The highest BCUT2D eigenvalue weighted by Crippen LogP contribution is 2.48. The first-order valence-electron chi connectivity index (χ1n) is 8.15. The predicted octanol–water partition coefficient (Wildman–Crippen LogP) is 1.94. The first kappa shape index (κ1) is 13.9. The average Bonchev–Trinajstić information content (AvgIpc) is 3.02. The Balaban J connectivity index is 1.89. The summed E-state index contributed by atoms with van der Waals surface area (Å²) in [6, 6.07) is -0.264. The number of amides is 2. The summed E-state index contributed by atoms with van der Waals surface area (Å²) < 4.78 is 0. The van der Waals surface area contributed by atoms with Gasteiger partial charge in [0.25, 0.3) is 0 Å². The topological polar surface area (TPSA) is 49.4 Å². The molecule has 3 fully saturated rings. The number of fused-ring (bicyclic) bond motifs is 2. The zero-order valence-electron chi connectivity index (χ0n) is 12.8. The Morgan fingerprint density at radius 2 is 2.00 bits per heavy atom. The van der Waals surface area contributed by atoms with Crippen molar-refractivity contribution in [2.24, 2.45) is 17.8 Å². The van der Waals surface area contributed by atoms with E-state index in [1.807, 2.05) is 25.7 Å². The fourth-order valence-corrected chi connectivity index (χ4v) is 4.58. The zero-order chi connectivity index (χ0) is 14.4. The largest absolute Gasteiger partial charge is 0.343 e. The normalized spacial score (nSPS) is 40.6. The van der Waals surface area contributed by atoms with Crippen LogP contribution < -0.4 is 5.32 Å². The van der Waals surface area contributed by atoms with Crippen LogP contribution in [0.3, 0.4) is 0 Å². The summed E-state index contributed by atoms with van der Waals surface area (Å²) >= 11 is 0. The molecule has 20 heavy (non-hydrogen) atoms. The zero-order valence-corrected chi connectivity index (χ0v) is 12.8. The number of carbonyl (C=O) groups excluding carboxylic acids is 2. The molecule has 0 aromatic carbocycles. The summed E-state index contributed by atoms with van der Waals surface area (Å²) in [6.45, 7) is 6.06. The van der Waals surface area contributed by atoms with Crippen molar-refractivity contribution >= 4 is 11.8 Å². The predicted molar refractivity (Wildman–Crippen MR) is 76.9 cm³/mol. The van der Waals surface area contributed by atoms with E-state index < -0.39 is 0 Å². The Hall–Kier alpha value is -1.06. The molecule has 112 valence electrons. The molecule has 0 aromatic heterocycles. The third-order valence-electron chi connectivity index (χ3n) is 5.54. The molecule has 2 aliphatic carbocycles. The molecule has 0 radical (unpaired) electrons. The number of carbonyl (C=O) groups is 2. The number of nitrogens with zero attached hydrogens (tertiary/aromatic N) is 1. The Bertz CT molecular complexity index is 421. The molecule has 1 saturated heterocycles. The molecule has 0 aromatic rings. The summed E-state index contributed by atoms with van der Waals surface area (Å²) in [7, 11) is 0. The van der Waals surface area contributed by atoms with Gasteiger partial charge in [-0.15, -0.1) is 0 Å². The van der Waals surface area contributed by atoms with Gasteiger partial charge in [-0.05, 0) is 43.4 Å². The van der Waals surface area contributed by atoms with E-state index in [4.69, 9.17) is 0 Å². The molecule has 1 aliphatic heterocycles. The van der Waals surface area contributed by atoms with Crippen LogP contribution in [0.4, 0.5) is 0 Å². The number of piperazine rings is 1. The fraction of sp³-hybridized carbons (Fsp3) is 0.875. The molecule has 5 atom stereocenters. The second-order valence-corrected chi connectivity index (χ2v) is 7.15. The lowest BCUT2D eigenvalue weighted by Gasteiger charge is -2.46. The minimum absolute atomic E-state index is 0.0502. The van der Waals surface area contributed by atoms with Crippen LogP contribution >= 0.6 is 0 Å². The van der Waals surface area contributed by atoms with Gasteiger partial charge in [0.05, 0.1) is 0 Å². The van der Waals surface area contributed by atoms with Gasteiger partial charge in [0.15, 0.2) is 0 Å². The number of nitrogens with one attached hydrogen (secondary N) is 1. The van der Waals surface area contributed by atoms with E-state index in [0.717, 1.165) is 12.3 Å². The molecule has 1 N–H and O–H groups in total. The molecule has 4 nitrogen and oxygen atoms in total. The molecular formula is C16H26N2O2. The number of rotatable bonds is 3. The van der Waals surface area contributed by atoms with Gasteiger partial charge >= 0.3 is 0 Å². The average molecular weight is 278 g/mol. The minimum atomic E-state index is -0.309. The fourth-order valence-electron chi connectivity index (χ4n) is 4.58. The van der Waals surface area contributed by atoms with Gasteiger partial charge in [0.2, 0.25) is 11.8 Å². The Morgan fingerprint density at radius 3 is 2.50 bits per heavy atom. The summed E-state index contributed by atoms with van der Waals surface area (Å²) in [5, 5.41) is 2.91. The quantitative estimate of drug-likeness (QED) is 0.857. The Kier molecular flexibility index (Phi) is 3.51.